The molecule has 0 radical (unpaired) electrons. The first kappa shape index (κ1) is 19.2. The van der Waals surface area contributed by atoms with Crippen molar-refractivity contribution in [3.05, 3.63) is 17.1 Å². The molecule has 0 unspecified atom stereocenters. The van der Waals surface area contributed by atoms with Crippen LogP contribution in [0.4, 0.5) is 5.82 Å². The minimum atomic E-state index is 0.236. The Labute approximate surface area is 166 Å². The third-order valence-electron chi connectivity index (χ3n) is 4.60. The number of ether oxygens (including phenoxy) is 1. The first-order valence-electron chi connectivity index (χ1n) is 8.86. The van der Waals surface area contributed by atoms with E-state index in [2.05, 4.69) is 29.0 Å². The minimum Gasteiger partial charge on any atom is -0.454 e. The number of morpholine rings is 1. The van der Waals surface area contributed by atoms with Crippen molar-refractivity contribution < 1.29 is 18.4 Å². The molecule has 0 atom stereocenters. The van der Waals surface area contributed by atoms with Gasteiger partial charge in [0, 0.05) is 45.3 Å². The number of piperazine rings is 1. The number of fused-ring (bicyclic) bond motifs is 1. The number of nitrogens with zero attached hydrogens (tertiary/aromatic N) is 5. The summed E-state index contributed by atoms with van der Waals surface area (Å²) < 4.78 is 18.6. The highest BCUT2D eigenvalue weighted by molar-refractivity contribution is 7.92. The predicted octanol–water partition coefficient (Wildman–Crippen LogP) is 1.97. The summed E-state index contributed by atoms with van der Waals surface area (Å²) in [5.74, 6) is 1.61. The summed E-state index contributed by atoms with van der Waals surface area (Å²) in [6.45, 7) is 7.21. The summed E-state index contributed by atoms with van der Waals surface area (Å²) in [5, 5.41) is 0.236. The molecule has 2 aliphatic heterocycles. The lowest BCUT2D eigenvalue weighted by atomic mass is 10.3. The van der Waals surface area contributed by atoms with Gasteiger partial charge in [0.1, 0.15) is 23.5 Å². The molecule has 0 spiro atoms. The smallest absolute Gasteiger partial charge is 0.225 e. The molecule has 27 heavy (non-hydrogen) atoms. The summed E-state index contributed by atoms with van der Waals surface area (Å²) >= 11 is 7.38. The van der Waals surface area contributed by atoms with Gasteiger partial charge >= 0.3 is 0 Å². The van der Waals surface area contributed by atoms with Crippen LogP contribution in [0.5, 0.6) is 0 Å². The van der Waals surface area contributed by atoms with E-state index in [-0.39, 0.29) is 5.28 Å². The Morgan fingerprint density at radius 1 is 1.15 bits per heavy atom. The zero-order valence-electron chi connectivity index (χ0n) is 15.1. The second kappa shape index (κ2) is 8.91. The van der Waals surface area contributed by atoms with Crippen LogP contribution in [-0.2, 0) is 20.5 Å². The van der Waals surface area contributed by atoms with Crippen molar-refractivity contribution in [2.24, 2.45) is 0 Å². The van der Waals surface area contributed by atoms with Gasteiger partial charge in [0.25, 0.3) is 0 Å². The fourth-order valence-corrected chi connectivity index (χ4v) is 3.89. The molecule has 4 rings (SSSR count). The van der Waals surface area contributed by atoms with E-state index in [1.165, 1.54) is 19.3 Å². The van der Waals surface area contributed by atoms with E-state index >= 15 is 0 Å². The van der Waals surface area contributed by atoms with Gasteiger partial charge < -0.3 is 14.1 Å². The number of furan rings is 1. The molecule has 11 heteroatoms. The SMILES string of the molecule is COOSN1CCN(Cc2cc3nc(Cl)nc(N4CCOCC4)c3o2)CC1. The number of hydrogen-bond acceptors (Lipinski definition) is 10. The molecule has 2 aromatic heterocycles. The maximum Gasteiger partial charge on any atom is 0.225 e. The molecule has 2 aliphatic rings. The molecule has 148 valence electrons. The Morgan fingerprint density at radius 2 is 1.93 bits per heavy atom. The van der Waals surface area contributed by atoms with Crippen LogP contribution < -0.4 is 4.90 Å². The fraction of sp³-hybridized carbons (Fsp3) is 0.625. The van der Waals surface area contributed by atoms with E-state index in [0.29, 0.717) is 18.8 Å². The van der Waals surface area contributed by atoms with Crippen LogP contribution in [0.15, 0.2) is 10.5 Å². The zero-order valence-corrected chi connectivity index (χ0v) is 16.7. The van der Waals surface area contributed by atoms with Crippen LogP contribution in [0.1, 0.15) is 5.76 Å². The third kappa shape index (κ3) is 4.65. The van der Waals surface area contributed by atoms with E-state index in [9.17, 15) is 0 Å². The number of aromatic nitrogens is 2. The third-order valence-corrected chi connectivity index (χ3v) is 5.54. The largest absolute Gasteiger partial charge is 0.454 e. The molecule has 2 aromatic rings. The molecule has 2 fully saturated rings. The van der Waals surface area contributed by atoms with Gasteiger partial charge in [-0.2, -0.15) is 4.98 Å². The Bertz CT molecular complexity index is 765. The maximum atomic E-state index is 6.14. The molecule has 0 amide bonds. The topological polar surface area (TPSA) is 76.3 Å². The van der Waals surface area contributed by atoms with E-state index < -0.39 is 0 Å². The number of anilines is 1. The van der Waals surface area contributed by atoms with Crippen molar-refractivity contribution in [2.75, 3.05) is 64.5 Å². The van der Waals surface area contributed by atoms with Crippen LogP contribution in [0, 0.1) is 0 Å². The number of halogens is 1. The van der Waals surface area contributed by atoms with Gasteiger partial charge in [-0.25, -0.2) is 14.2 Å². The molecule has 0 N–H and O–H groups in total. The second-order valence-electron chi connectivity index (χ2n) is 6.36. The molecule has 0 aromatic carbocycles. The Balaban J connectivity index is 1.46. The number of rotatable bonds is 6. The van der Waals surface area contributed by atoms with Crippen molar-refractivity contribution in [1.29, 1.82) is 0 Å². The monoisotopic (exact) mass is 415 g/mol. The normalized spacial score (nSPS) is 19.9. The van der Waals surface area contributed by atoms with Crippen LogP contribution in [0.25, 0.3) is 11.1 Å². The molecule has 0 aliphatic carbocycles. The first-order valence-corrected chi connectivity index (χ1v) is 9.94. The standard InChI is InChI=1S/C16H22ClN5O4S/c1-23-26-27-22-4-2-20(3-5-22)11-12-10-13-14(25-12)15(19-16(17)18-13)21-6-8-24-9-7-21/h10H,2-9,11H2,1H3. The molecule has 9 nitrogen and oxygen atoms in total. The lowest BCUT2D eigenvalue weighted by Gasteiger charge is -2.32. The summed E-state index contributed by atoms with van der Waals surface area (Å²) in [6, 6.07) is 1.96. The summed E-state index contributed by atoms with van der Waals surface area (Å²) in [5.41, 5.74) is 1.44. The van der Waals surface area contributed by atoms with Gasteiger partial charge in [0.05, 0.1) is 26.9 Å². The minimum absolute atomic E-state index is 0.236. The van der Waals surface area contributed by atoms with Crippen LogP contribution in [-0.4, -0.2) is 78.8 Å². The molecule has 2 saturated heterocycles. The van der Waals surface area contributed by atoms with Crippen molar-refractivity contribution in [3.63, 3.8) is 0 Å². The van der Waals surface area contributed by atoms with Crippen LogP contribution in [0.2, 0.25) is 5.28 Å². The van der Waals surface area contributed by atoms with E-state index in [1.807, 2.05) is 6.07 Å². The Hall–Kier alpha value is -1.14. The lowest BCUT2D eigenvalue weighted by molar-refractivity contribution is -0.164. The van der Waals surface area contributed by atoms with Gasteiger partial charge in [-0.15, -0.1) is 4.33 Å². The molecule has 0 bridgehead atoms. The quantitative estimate of drug-likeness (QED) is 0.230. The van der Waals surface area contributed by atoms with Gasteiger partial charge in [0.2, 0.25) is 5.28 Å². The average molecular weight is 416 g/mol. The van der Waals surface area contributed by atoms with Gasteiger partial charge in [-0.3, -0.25) is 4.90 Å². The van der Waals surface area contributed by atoms with Gasteiger partial charge in [0.15, 0.2) is 11.4 Å². The highest BCUT2D eigenvalue weighted by Gasteiger charge is 2.23. The lowest BCUT2D eigenvalue weighted by Crippen LogP contribution is -2.42. The maximum absolute atomic E-state index is 6.14. The number of hydrogen-bond donors (Lipinski definition) is 0. The van der Waals surface area contributed by atoms with Crippen molar-refractivity contribution in [1.82, 2.24) is 19.2 Å². The fourth-order valence-electron chi connectivity index (χ4n) is 3.26. The van der Waals surface area contributed by atoms with E-state index in [4.69, 9.17) is 25.1 Å². The van der Waals surface area contributed by atoms with Crippen molar-refractivity contribution in [2.45, 2.75) is 6.54 Å². The zero-order chi connectivity index (χ0) is 18.6. The molecule has 4 heterocycles. The van der Waals surface area contributed by atoms with Crippen LogP contribution >= 0.6 is 23.8 Å². The van der Waals surface area contributed by atoms with Crippen molar-refractivity contribution >= 4 is 40.7 Å². The average Bonchev–Trinajstić information content (AvgIpc) is 3.09. The van der Waals surface area contributed by atoms with Crippen molar-refractivity contribution in [3.8, 4) is 0 Å². The molecule has 0 saturated carbocycles. The van der Waals surface area contributed by atoms with Gasteiger partial charge in [-0.1, -0.05) is 0 Å². The Morgan fingerprint density at radius 3 is 2.67 bits per heavy atom. The summed E-state index contributed by atoms with van der Waals surface area (Å²) in [7, 11) is 1.51. The second-order valence-corrected chi connectivity index (χ2v) is 7.50. The summed E-state index contributed by atoms with van der Waals surface area (Å²) in [4.78, 5) is 17.8. The van der Waals surface area contributed by atoms with Crippen LogP contribution in [0.3, 0.4) is 0 Å². The van der Waals surface area contributed by atoms with E-state index in [0.717, 1.165) is 62.9 Å². The highest BCUT2D eigenvalue weighted by Crippen LogP contribution is 2.29. The highest BCUT2D eigenvalue weighted by atomic mass is 35.5. The predicted molar refractivity (Wildman–Crippen MR) is 102 cm³/mol. The Kier molecular flexibility index (Phi) is 6.33. The molecular weight excluding hydrogens is 394 g/mol. The van der Waals surface area contributed by atoms with Gasteiger partial charge in [-0.05, 0) is 11.6 Å². The van der Waals surface area contributed by atoms with E-state index in [1.54, 1.807) is 0 Å². The summed E-state index contributed by atoms with van der Waals surface area (Å²) in [6.07, 6.45) is 0. The first-order chi connectivity index (χ1) is 13.2. The molecular formula is C16H22ClN5O4S.